The molecule has 0 aromatic rings. The van der Waals surface area contributed by atoms with Gasteiger partial charge in [0.15, 0.2) is 0 Å². The fourth-order valence-corrected chi connectivity index (χ4v) is 4.22. The van der Waals surface area contributed by atoms with E-state index in [1.165, 1.54) is 38.9 Å². The van der Waals surface area contributed by atoms with E-state index >= 15 is 0 Å². The summed E-state index contributed by atoms with van der Waals surface area (Å²) in [6.45, 7) is 11.7. The Morgan fingerprint density at radius 1 is 0.760 bits per heavy atom. The van der Waals surface area contributed by atoms with E-state index < -0.39 is 7.82 Å². The Kier molecular flexibility index (Phi) is 13.1. The lowest BCUT2D eigenvalue weighted by molar-refractivity contribution is 0.110. The van der Waals surface area contributed by atoms with Crippen LogP contribution in [0.1, 0.15) is 78.6 Å². The van der Waals surface area contributed by atoms with Gasteiger partial charge in [-0.25, -0.2) is 4.57 Å². The van der Waals surface area contributed by atoms with Crippen molar-refractivity contribution in [1.29, 1.82) is 0 Å². The van der Waals surface area contributed by atoms with E-state index in [1.54, 1.807) is 0 Å². The number of phosphoric ester groups is 1. The first-order valence-electron chi connectivity index (χ1n) is 10.4. The molecule has 0 saturated carbocycles. The molecule has 3 saturated heterocycles. The second-order valence-corrected chi connectivity index (χ2v) is 8.75. The van der Waals surface area contributed by atoms with Crippen LogP contribution in [-0.2, 0) is 18.1 Å². The van der Waals surface area contributed by atoms with Crippen molar-refractivity contribution in [3.05, 3.63) is 0 Å². The molecule has 0 radical (unpaired) electrons. The van der Waals surface area contributed by atoms with Gasteiger partial charge in [0.1, 0.15) is 0 Å². The van der Waals surface area contributed by atoms with Crippen LogP contribution in [0, 0.1) is 5.92 Å². The maximum atomic E-state index is 12.2. The van der Waals surface area contributed by atoms with Crippen molar-refractivity contribution in [2.45, 2.75) is 78.6 Å². The van der Waals surface area contributed by atoms with E-state index in [1.807, 2.05) is 0 Å². The van der Waals surface area contributed by atoms with Gasteiger partial charge < -0.3 is 4.90 Å². The summed E-state index contributed by atoms with van der Waals surface area (Å²) in [4.78, 5) is 2.58. The standard InChI is InChI=1S/C12H27O4P.C7H13N/c1-4-7-10-14-17(13,15-11-8-5-2)16-12-9-6-3;1-4-8-5-2-7(1)3-6-8/h4-12H2,1-3H3;7H,1-6H2. The molecule has 0 spiro atoms. The topological polar surface area (TPSA) is 48.0 Å². The first-order chi connectivity index (χ1) is 12.1. The van der Waals surface area contributed by atoms with Gasteiger partial charge in [-0.1, -0.05) is 40.0 Å². The summed E-state index contributed by atoms with van der Waals surface area (Å²) < 4.78 is 28.0. The van der Waals surface area contributed by atoms with Crippen LogP contribution in [0.3, 0.4) is 0 Å². The Balaban J connectivity index is 0.000000316. The fourth-order valence-electron chi connectivity index (χ4n) is 2.94. The Morgan fingerprint density at radius 2 is 1.12 bits per heavy atom. The molecule has 3 aliphatic rings. The molecule has 25 heavy (non-hydrogen) atoms. The van der Waals surface area contributed by atoms with E-state index in [0.717, 1.165) is 44.4 Å². The minimum Gasteiger partial charge on any atom is -0.303 e. The lowest BCUT2D eigenvalue weighted by Crippen LogP contribution is -2.41. The zero-order valence-corrected chi connectivity index (χ0v) is 17.6. The van der Waals surface area contributed by atoms with Crippen molar-refractivity contribution < 1.29 is 18.1 Å². The van der Waals surface area contributed by atoms with E-state index in [4.69, 9.17) is 13.6 Å². The summed E-state index contributed by atoms with van der Waals surface area (Å²) >= 11 is 0. The Morgan fingerprint density at radius 3 is 1.32 bits per heavy atom. The van der Waals surface area contributed by atoms with Crippen molar-refractivity contribution in [3.8, 4) is 0 Å². The second-order valence-electron chi connectivity index (χ2n) is 7.08. The molecule has 0 aromatic carbocycles. The highest BCUT2D eigenvalue weighted by molar-refractivity contribution is 7.48. The Hall–Kier alpha value is 0.0700. The van der Waals surface area contributed by atoms with Crippen molar-refractivity contribution in [1.82, 2.24) is 4.90 Å². The van der Waals surface area contributed by atoms with Gasteiger partial charge in [-0.15, -0.1) is 0 Å². The molecule has 2 bridgehead atoms. The van der Waals surface area contributed by atoms with Crippen LogP contribution in [0.2, 0.25) is 0 Å². The third-order valence-corrected chi connectivity index (χ3v) is 6.30. The number of unbranched alkanes of at least 4 members (excludes halogenated alkanes) is 3. The summed E-state index contributed by atoms with van der Waals surface area (Å²) in [5.74, 6) is 1.11. The van der Waals surface area contributed by atoms with E-state index in [9.17, 15) is 4.57 Å². The minimum absolute atomic E-state index is 0.437. The molecule has 3 heterocycles. The van der Waals surface area contributed by atoms with Gasteiger partial charge in [-0.2, -0.15) is 0 Å². The molecule has 5 nitrogen and oxygen atoms in total. The number of hydrogen-bond donors (Lipinski definition) is 0. The van der Waals surface area contributed by atoms with Crippen LogP contribution in [-0.4, -0.2) is 44.4 Å². The zero-order chi connectivity index (χ0) is 18.4. The van der Waals surface area contributed by atoms with Crippen molar-refractivity contribution in [3.63, 3.8) is 0 Å². The van der Waals surface area contributed by atoms with Crippen molar-refractivity contribution in [2.24, 2.45) is 5.92 Å². The molecule has 150 valence electrons. The summed E-state index contributed by atoms with van der Waals surface area (Å²) in [5.41, 5.74) is 0. The highest BCUT2D eigenvalue weighted by atomic mass is 31.2. The number of phosphoric acid groups is 1. The zero-order valence-electron chi connectivity index (χ0n) is 16.7. The summed E-state index contributed by atoms with van der Waals surface area (Å²) in [5, 5.41) is 0. The number of fused-ring (bicyclic) bond motifs is 3. The monoisotopic (exact) mass is 377 g/mol. The van der Waals surface area contributed by atoms with Gasteiger partial charge in [0.25, 0.3) is 0 Å². The highest BCUT2D eigenvalue weighted by Gasteiger charge is 2.26. The average molecular weight is 378 g/mol. The SMILES string of the molecule is C1CN2CCC1CC2.CCCCOP(=O)(OCCCC)OCCCC. The second kappa shape index (κ2) is 14.2. The van der Waals surface area contributed by atoms with Crippen LogP contribution in [0.25, 0.3) is 0 Å². The first kappa shape index (κ1) is 23.1. The van der Waals surface area contributed by atoms with Crippen LogP contribution in [0.5, 0.6) is 0 Å². The van der Waals surface area contributed by atoms with E-state index in [0.29, 0.717) is 19.8 Å². The molecule has 0 aromatic heterocycles. The van der Waals surface area contributed by atoms with Crippen LogP contribution < -0.4 is 0 Å². The van der Waals surface area contributed by atoms with Gasteiger partial charge in [-0.3, -0.25) is 13.6 Å². The molecule has 6 heteroatoms. The van der Waals surface area contributed by atoms with E-state index in [-0.39, 0.29) is 0 Å². The largest absolute Gasteiger partial charge is 0.474 e. The molecule has 0 amide bonds. The quantitative estimate of drug-likeness (QED) is 0.325. The number of nitrogens with zero attached hydrogens (tertiary/aromatic N) is 1. The molecular weight excluding hydrogens is 337 g/mol. The van der Waals surface area contributed by atoms with Crippen LogP contribution in [0.4, 0.5) is 0 Å². The maximum Gasteiger partial charge on any atom is 0.474 e. The normalized spacial score (nSPS) is 22.5. The minimum atomic E-state index is -3.31. The molecule has 0 unspecified atom stereocenters. The van der Waals surface area contributed by atoms with Gasteiger partial charge in [0.05, 0.1) is 19.8 Å². The fraction of sp³-hybridized carbons (Fsp3) is 1.00. The molecular formula is C19H40NO4P. The Labute approximate surface area is 155 Å². The molecule has 3 fully saturated rings. The third-order valence-electron chi connectivity index (χ3n) is 4.80. The van der Waals surface area contributed by atoms with Gasteiger partial charge in [0.2, 0.25) is 0 Å². The smallest absolute Gasteiger partial charge is 0.303 e. The number of hydrogen-bond acceptors (Lipinski definition) is 5. The molecule has 3 rings (SSSR count). The predicted molar refractivity (Wildman–Crippen MR) is 104 cm³/mol. The first-order valence-corrected chi connectivity index (χ1v) is 11.9. The third kappa shape index (κ3) is 10.7. The lowest BCUT2D eigenvalue weighted by Gasteiger charge is -2.38. The maximum absolute atomic E-state index is 12.2. The average Bonchev–Trinajstić information content (AvgIpc) is 2.65. The van der Waals surface area contributed by atoms with Gasteiger partial charge in [0, 0.05) is 0 Å². The number of rotatable bonds is 12. The van der Waals surface area contributed by atoms with E-state index in [2.05, 4.69) is 25.7 Å². The summed E-state index contributed by atoms with van der Waals surface area (Å²) in [6, 6.07) is 0. The van der Waals surface area contributed by atoms with Crippen molar-refractivity contribution in [2.75, 3.05) is 39.5 Å². The van der Waals surface area contributed by atoms with Crippen LogP contribution in [0.15, 0.2) is 0 Å². The van der Waals surface area contributed by atoms with Gasteiger partial charge >= 0.3 is 7.82 Å². The predicted octanol–water partition coefficient (Wildman–Crippen LogP) is 5.65. The van der Waals surface area contributed by atoms with Gasteiger partial charge in [-0.05, 0) is 64.1 Å². The lowest BCUT2D eigenvalue weighted by atomic mass is 9.89. The molecule has 0 atom stereocenters. The highest BCUT2D eigenvalue weighted by Crippen LogP contribution is 2.49. The number of piperidine rings is 3. The Bertz CT molecular complexity index is 303. The molecule has 0 N–H and O–H groups in total. The van der Waals surface area contributed by atoms with Crippen LogP contribution >= 0.6 is 7.82 Å². The molecule has 3 aliphatic heterocycles. The summed E-state index contributed by atoms with van der Waals surface area (Å²) in [6.07, 6.45) is 10.1. The van der Waals surface area contributed by atoms with Crippen molar-refractivity contribution >= 4 is 7.82 Å². The molecule has 0 aliphatic carbocycles. The summed E-state index contributed by atoms with van der Waals surface area (Å²) in [7, 11) is -3.31.